The van der Waals surface area contributed by atoms with Crippen LogP contribution in [0.2, 0.25) is 0 Å². The van der Waals surface area contributed by atoms with Crippen molar-refractivity contribution in [2.75, 3.05) is 20.2 Å². The summed E-state index contributed by atoms with van der Waals surface area (Å²) >= 11 is 5.81. The van der Waals surface area contributed by atoms with Crippen LogP contribution in [0.15, 0.2) is 54.6 Å². The van der Waals surface area contributed by atoms with Gasteiger partial charge in [0.25, 0.3) is 0 Å². The maximum absolute atomic E-state index is 6.01. The molecule has 29 heavy (non-hydrogen) atoms. The van der Waals surface area contributed by atoms with Gasteiger partial charge in [-0.15, -0.1) is 5.10 Å². The van der Waals surface area contributed by atoms with Crippen LogP contribution in [0.4, 0.5) is 0 Å². The standard InChI is InChI=1S/C22H26N4O2S/c1-27-19-10-12-20(13-11-19)28-16-21-23-25(17-24-14-6-3-7-15-24)22(29)26(21)18-8-4-2-5-9-18/h2,4-5,8-13H,3,6-7,14-17H2,1H3/p+1. The molecule has 6 nitrogen and oxygen atoms in total. The first kappa shape index (κ1) is 19.7. The molecule has 0 atom stereocenters. The van der Waals surface area contributed by atoms with E-state index in [4.69, 9.17) is 26.8 Å². The van der Waals surface area contributed by atoms with Crippen molar-refractivity contribution in [2.24, 2.45) is 0 Å². The molecule has 2 aromatic carbocycles. The molecule has 1 fully saturated rings. The Morgan fingerprint density at radius 2 is 1.66 bits per heavy atom. The lowest BCUT2D eigenvalue weighted by Gasteiger charge is -2.22. The van der Waals surface area contributed by atoms with E-state index in [-0.39, 0.29) is 0 Å². The van der Waals surface area contributed by atoms with Crippen LogP contribution in [0.1, 0.15) is 25.1 Å². The number of hydrogen-bond acceptors (Lipinski definition) is 4. The normalized spacial score (nSPS) is 14.7. The highest BCUT2D eigenvalue weighted by Crippen LogP contribution is 2.19. The van der Waals surface area contributed by atoms with E-state index in [0.29, 0.717) is 11.4 Å². The van der Waals surface area contributed by atoms with E-state index < -0.39 is 0 Å². The van der Waals surface area contributed by atoms with E-state index in [1.54, 1.807) is 7.11 Å². The highest BCUT2D eigenvalue weighted by molar-refractivity contribution is 7.71. The molecule has 0 radical (unpaired) electrons. The fourth-order valence-electron chi connectivity index (χ4n) is 3.73. The molecule has 2 heterocycles. The fraction of sp³-hybridized carbons (Fsp3) is 0.364. The molecule has 152 valence electrons. The van der Waals surface area contributed by atoms with Gasteiger partial charge in [-0.05, 0) is 67.9 Å². The molecule has 0 aliphatic carbocycles. The number of para-hydroxylation sites is 1. The van der Waals surface area contributed by atoms with Crippen LogP contribution in [0.5, 0.6) is 11.5 Å². The summed E-state index contributed by atoms with van der Waals surface area (Å²) < 4.78 is 15.9. The van der Waals surface area contributed by atoms with Gasteiger partial charge < -0.3 is 14.4 Å². The van der Waals surface area contributed by atoms with Crippen LogP contribution >= 0.6 is 12.2 Å². The quantitative estimate of drug-likeness (QED) is 0.607. The van der Waals surface area contributed by atoms with Crippen LogP contribution in [0.25, 0.3) is 5.69 Å². The minimum Gasteiger partial charge on any atom is -0.497 e. The van der Waals surface area contributed by atoms with Gasteiger partial charge in [-0.3, -0.25) is 4.57 Å². The molecule has 7 heteroatoms. The zero-order chi connectivity index (χ0) is 20.1. The Morgan fingerprint density at radius 1 is 0.966 bits per heavy atom. The van der Waals surface area contributed by atoms with Crippen molar-refractivity contribution >= 4 is 12.2 Å². The van der Waals surface area contributed by atoms with E-state index in [0.717, 1.165) is 29.7 Å². The SMILES string of the molecule is COc1ccc(OCc2nn(C[NH+]3CCCCC3)c(=S)n2-c2ccccc2)cc1. The molecular weight excluding hydrogens is 384 g/mol. The maximum Gasteiger partial charge on any atom is 0.207 e. The topological polar surface area (TPSA) is 45.6 Å². The first-order valence-corrected chi connectivity index (χ1v) is 10.5. The Hall–Kier alpha value is -2.64. The van der Waals surface area contributed by atoms with Crippen molar-refractivity contribution in [1.29, 1.82) is 0 Å². The molecule has 0 spiro atoms. The Kier molecular flexibility index (Phi) is 6.27. The summed E-state index contributed by atoms with van der Waals surface area (Å²) in [5.74, 6) is 2.37. The molecular formula is C22H27N4O2S+. The first-order chi connectivity index (χ1) is 14.2. The number of benzene rings is 2. The Balaban J connectivity index is 1.59. The third kappa shape index (κ3) is 4.68. The van der Waals surface area contributed by atoms with Crippen molar-refractivity contribution < 1.29 is 14.4 Å². The van der Waals surface area contributed by atoms with Crippen LogP contribution in [-0.4, -0.2) is 34.5 Å². The molecule has 1 aliphatic heterocycles. The number of rotatable bonds is 7. The minimum atomic E-state index is 0.340. The number of piperidine rings is 1. The van der Waals surface area contributed by atoms with E-state index in [1.807, 2.05) is 63.8 Å². The van der Waals surface area contributed by atoms with Gasteiger partial charge in [0.2, 0.25) is 4.77 Å². The third-order valence-electron chi connectivity index (χ3n) is 5.28. The number of hydrogen-bond donors (Lipinski definition) is 1. The molecule has 0 saturated carbocycles. The average Bonchev–Trinajstić information content (AvgIpc) is 3.09. The monoisotopic (exact) mass is 411 g/mol. The van der Waals surface area contributed by atoms with E-state index >= 15 is 0 Å². The number of nitrogens with zero attached hydrogens (tertiary/aromatic N) is 3. The van der Waals surface area contributed by atoms with Gasteiger partial charge in [0.1, 0.15) is 18.1 Å². The summed E-state index contributed by atoms with van der Waals surface area (Å²) in [5.41, 5.74) is 1.01. The van der Waals surface area contributed by atoms with Crippen LogP contribution in [0.3, 0.4) is 0 Å². The number of likely N-dealkylation sites (tertiary alicyclic amines) is 1. The molecule has 0 unspecified atom stereocenters. The van der Waals surface area contributed by atoms with E-state index in [2.05, 4.69) is 0 Å². The number of methoxy groups -OCH3 is 1. The van der Waals surface area contributed by atoms with Gasteiger partial charge in [0.05, 0.1) is 20.2 Å². The predicted octanol–water partition coefficient (Wildman–Crippen LogP) is 3.02. The average molecular weight is 412 g/mol. The molecule has 0 bridgehead atoms. The Morgan fingerprint density at radius 3 is 2.34 bits per heavy atom. The lowest BCUT2D eigenvalue weighted by molar-refractivity contribution is -0.928. The van der Waals surface area contributed by atoms with Gasteiger partial charge in [0.15, 0.2) is 12.5 Å². The minimum absolute atomic E-state index is 0.340. The lowest BCUT2D eigenvalue weighted by atomic mass is 10.1. The van der Waals surface area contributed by atoms with Gasteiger partial charge in [-0.25, -0.2) is 0 Å². The molecule has 0 amide bonds. The number of nitrogens with one attached hydrogen (secondary N) is 1. The highest BCUT2D eigenvalue weighted by Gasteiger charge is 2.19. The van der Waals surface area contributed by atoms with Crippen LogP contribution in [0, 0.1) is 4.77 Å². The number of quaternary nitrogens is 1. The highest BCUT2D eigenvalue weighted by atomic mass is 32.1. The molecule has 4 rings (SSSR count). The van der Waals surface area contributed by atoms with E-state index in [9.17, 15) is 0 Å². The van der Waals surface area contributed by atoms with Gasteiger partial charge in [-0.1, -0.05) is 18.2 Å². The van der Waals surface area contributed by atoms with Crippen LogP contribution < -0.4 is 14.4 Å². The van der Waals surface area contributed by atoms with E-state index in [1.165, 1.54) is 37.3 Å². The first-order valence-electron chi connectivity index (χ1n) is 10.1. The molecule has 1 saturated heterocycles. The van der Waals surface area contributed by atoms with Gasteiger partial charge in [-0.2, -0.15) is 4.68 Å². The molecule has 3 aromatic rings. The lowest BCUT2D eigenvalue weighted by Crippen LogP contribution is -3.12. The smallest absolute Gasteiger partial charge is 0.207 e. The van der Waals surface area contributed by atoms with Crippen molar-refractivity contribution in [3.05, 3.63) is 65.2 Å². The summed E-state index contributed by atoms with van der Waals surface area (Å²) in [6.07, 6.45) is 3.87. The van der Waals surface area contributed by atoms with Crippen molar-refractivity contribution in [2.45, 2.75) is 32.5 Å². The summed E-state index contributed by atoms with van der Waals surface area (Å²) in [5, 5.41) is 4.83. The van der Waals surface area contributed by atoms with Crippen LogP contribution in [-0.2, 0) is 13.3 Å². The predicted molar refractivity (Wildman–Crippen MR) is 114 cm³/mol. The summed E-state index contributed by atoms with van der Waals surface area (Å²) in [6.45, 7) is 3.50. The molecule has 1 N–H and O–H groups in total. The zero-order valence-electron chi connectivity index (χ0n) is 16.7. The summed E-state index contributed by atoms with van der Waals surface area (Å²) in [4.78, 5) is 1.53. The molecule has 1 aliphatic rings. The number of ether oxygens (including phenoxy) is 2. The summed E-state index contributed by atoms with van der Waals surface area (Å²) in [6, 6.07) is 17.7. The second kappa shape index (κ2) is 9.24. The molecule has 1 aromatic heterocycles. The van der Waals surface area contributed by atoms with Gasteiger partial charge >= 0.3 is 0 Å². The third-order valence-corrected chi connectivity index (χ3v) is 5.68. The second-order valence-corrected chi connectivity index (χ2v) is 7.67. The zero-order valence-corrected chi connectivity index (χ0v) is 17.5. The Bertz CT molecular complexity index is 976. The van der Waals surface area contributed by atoms with Gasteiger partial charge in [0, 0.05) is 5.69 Å². The van der Waals surface area contributed by atoms with Crippen molar-refractivity contribution in [3.8, 4) is 17.2 Å². The second-order valence-electron chi connectivity index (χ2n) is 7.30. The fourth-order valence-corrected chi connectivity index (χ4v) is 4.04. The number of aromatic nitrogens is 3. The summed E-state index contributed by atoms with van der Waals surface area (Å²) in [7, 11) is 1.65. The van der Waals surface area contributed by atoms with Crippen molar-refractivity contribution in [3.63, 3.8) is 0 Å². The van der Waals surface area contributed by atoms with Crippen molar-refractivity contribution in [1.82, 2.24) is 14.3 Å². The maximum atomic E-state index is 6.01. The largest absolute Gasteiger partial charge is 0.497 e. The Labute approximate surface area is 176 Å².